The molecule has 2 N–H and O–H groups in total. The Morgan fingerprint density at radius 3 is 2.77 bits per heavy atom. The minimum Gasteiger partial charge on any atom is -0.303 e. The Balaban J connectivity index is 1.32. The second-order valence-corrected chi connectivity index (χ2v) is 8.73. The molecule has 136 valence electrons. The third kappa shape index (κ3) is 3.85. The standard InChI is InChI=1S/C22H26N2OS/c1-15-7-12-20-18(13-15)14-21(26-20)22(25)24-23-19-10-8-17(9-11-19)16-5-3-2-4-6-16/h2-6,10,14-15,17,23H,7-9,11-13H2,1H3,(H,24,25)/t15-,17-/m0/s1. The van der Waals surface area contributed by atoms with Crippen LogP contribution in [-0.2, 0) is 12.8 Å². The zero-order valence-corrected chi connectivity index (χ0v) is 16.1. The van der Waals surface area contributed by atoms with Crippen LogP contribution < -0.4 is 10.9 Å². The number of amides is 1. The van der Waals surface area contributed by atoms with Crippen molar-refractivity contribution in [2.24, 2.45) is 5.92 Å². The van der Waals surface area contributed by atoms with Gasteiger partial charge in [-0.15, -0.1) is 11.3 Å². The maximum absolute atomic E-state index is 12.5. The molecule has 0 spiro atoms. The van der Waals surface area contributed by atoms with Crippen molar-refractivity contribution in [2.45, 2.75) is 51.4 Å². The molecule has 0 unspecified atom stereocenters. The van der Waals surface area contributed by atoms with Gasteiger partial charge in [0.05, 0.1) is 4.88 Å². The smallest absolute Gasteiger partial charge is 0.279 e. The van der Waals surface area contributed by atoms with E-state index in [2.05, 4.69) is 60.2 Å². The third-order valence-corrected chi connectivity index (χ3v) is 6.81. The van der Waals surface area contributed by atoms with Gasteiger partial charge in [0, 0.05) is 10.6 Å². The number of benzene rings is 1. The molecule has 0 saturated heterocycles. The first-order valence-electron chi connectivity index (χ1n) is 9.61. The van der Waals surface area contributed by atoms with Crippen LogP contribution in [0.4, 0.5) is 0 Å². The summed E-state index contributed by atoms with van der Waals surface area (Å²) in [7, 11) is 0. The summed E-state index contributed by atoms with van der Waals surface area (Å²) >= 11 is 1.66. The third-order valence-electron chi connectivity index (χ3n) is 5.57. The molecule has 4 heteroatoms. The van der Waals surface area contributed by atoms with Crippen molar-refractivity contribution in [3.05, 3.63) is 69.1 Å². The summed E-state index contributed by atoms with van der Waals surface area (Å²) in [6.07, 6.45) is 8.80. The van der Waals surface area contributed by atoms with Crippen molar-refractivity contribution in [3.8, 4) is 0 Å². The summed E-state index contributed by atoms with van der Waals surface area (Å²) in [5, 5.41) is 0. The molecule has 0 aliphatic heterocycles. The molecule has 4 rings (SSSR count). The highest BCUT2D eigenvalue weighted by Gasteiger charge is 2.21. The maximum Gasteiger partial charge on any atom is 0.279 e. The molecule has 1 heterocycles. The largest absolute Gasteiger partial charge is 0.303 e. The number of allylic oxidation sites excluding steroid dienone is 2. The second-order valence-electron chi connectivity index (χ2n) is 7.60. The first kappa shape index (κ1) is 17.3. The second kappa shape index (κ2) is 7.67. The number of fused-ring (bicyclic) bond motifs is 1. The van der Waals surface area contributed by atoms with Crippen LogP contribution >= 0.6 is 11.3 Å². The Bertz CT molecular complexity index is 809. The van der Waals surface area contributed by atoms with E-state index in [1.807, 2.05) is 0 Å². The number of carbonyl (C=O) groups is 1. The molecule has 3 nitrogen and oxygen atoms in total. The summed E-state index contributed by atoms with van der Waals surface area (Å²) in [6.45, 7) is 2.29. The lowest BCUT2D eigenvalue weighted by atomic mass is 9.87. The van der Waals surface area contributed by atoms with Gasteiger partial charge in [0.25, 0.3) is 5.91 Å². The number of hydrazine groups is 1. The van der Waals surface area contributed by atoms with Crippen molar-refractivity contribution in [1.29, 1.82) is 0 Å². The quantitative estimate of drug-likeness (QED) is 0.751. The van der Waals surface area contributed by atoms with Gasteiger partial charge >= 0.3 is 0 Å². The van der Waals surface area contributed by atoms with Crippen LogP contribution in [0, 0.1) is 5.92 Å². The molecule has 1 amide bonds. The molecule has 2 aliphatic carbocycles. The number of thiophene rings is 1. The highest BCUT2D eigenvalue weighted by atomic mass is 32.1. The van der Waals surface area contributed by atoms with Gasteiger partial charge < -0.3 is 5.43 Å². The first-order chi connectivity index (χ1) is 12.7. The molecular formula is C22H26N2OS. The summed E-state index contributed by atoms with van der Waals surface area (Å²) < 4.78 is 0. The number of rotatable bonds is 4. The molecule has 2 atom stereocenters. The zero-order chi connectivity index (χ0) is 17.9. The lowest BCUT2D eigenvalue weighted by Crippen LogP contribution is -2.37. The Hall–Kier alpha value is -2.07. The number of aryl methyl sites for hydroxylation is 1. The first-order valence-corrected chi connectivity index (χ1v) is 10.4. The Kier molecular flexibility index (Phi) is 5.11. The van der Waals surface area contributed by atoms with E-state index < -0.39 is 0 Å². The van der Waals surface area contributed by atoms with Crippen LogP contribution in [0.15, 0.2) is 48.2 Å². The topological polar surface area (TPSA) is 41.1 Å². The van der Waals surface area contributed by atoms with E-state index in [1.165, 1.54) is 22.4 Å². The van der Waals surface area contributed by atoms with Gasteiger partial charge in [0.2, 0.25) is 0 Å². The number of hydrogen-bond donors (Lipinski definition) is 2. The SMILES string of the molecule is C[C@H]1CCc2sc(C(=O)NNC3=CC[C@H](c4ccccc4)CC3)cc2C1. The van der Waals surface area contributed by atoms with Crippen LogP contribution in [0.2, 0.25) is 0 Å². The van der Waals surface area contributed by atoms with Gasteiger partial charge in [-0.2, -0.15) is 0 Å². The van der Waals surface area contributed by atoms with Crippen LogP contribution in [0.25, 0.3) is 0 Å². The number of carbonyl (C=O) groups excluding carboxylic acids is 1. The molecule has 0 saturated carbocycles. The fourth-order valence-electron chi connectivity index (χ4n) is 3.99. The molecule has 0 radical (unpaired) electrons. The molecule has 0 fully saturated rings. The summed E-state index contributed by atoms with van der Waals surface area (Å²) in [5.74, 6) is 1.31. The van der Waals surface area contributed by atoms with Crippen LogP contribution in [-0.4, -0.2) is 5.91 Å². The highest BCUT2D eigenvalue weighted by Crippen LogP contribution is 2.33. The summed E-state index contributed by atoms with van der Waals surface area (Å²) in [5.41, 5.74) is 9.96. The van der Waals surface area contributed by atoms with E-state index in [0.29, 0.717) is 5.92 Å². The molecule has 2 aliphatic rings. The lowest BCUT2D eigenvalue weighted by molar-refractivity contribution is 0.0942. The van der Waals surface area contributed by atoms with Gasteiger partial charge in [-0.3, -0.25) is 10.2 Å². The van der Waals surface area contributed by atoms with E-state index in [4.69, 9.17) is 0 Å². The van der Waals surface area contributed by atoms with Gasteiger partial charge in [-0.1, -0.05) is 43.3 Å². The van der Waals surface area contributed by atoms with Gasteiger partial charge in [0.1, 0.15) is 0 Å². The van der Waals surface area contributed by atoms with Crippen molar-refractivity contribution in [3.63, 3.8) is 0 Å². The number of nitrogens with one attached hydrogen (secondary N) is 2. The predicted octanol–water partition coefficient (Wildman–Crippen LogP) is 4.96. The maximum atomic E-state index is 12.5. The van der Waals surface area contributed by atoms with E-state index in [0.717, 1.165) is 48.6 Å². The Labute approximate surface area is 159 Å². The highest BCUT2D eigenvalue weighted by molar-refractivity contribution is 7.14. The van der Waals surface area contributed by atoms with Crippen LogP contribution in [0.5, 0.6) is 0 Å². The molecule has 1 aromatic heterocycles. The van der Waals surface area contributed by atoms with Crippen molar-refractivity contribution < 1.29 is 4.79 Å². The Morgan fingerprint density at radius 2 is 2.00 bits per heavy atom. The van der Waals surface area contributed by atoms with Crippen molar-refractivity contribution in [2.75, 3.05) is 0 Å². The minimum absolute atomic E-state index is 0.0110. The lowest BCUT2D eigenvalue weighted by Gasteiger charge is -2.23. The zero-order valence-electron chi connectivity index (χ0n) is 15.3. The summed E-state index contributed by atoms with van der Waals surface area (Å²) in [4.78, 5) is 14.7. The average molecular weight is 367 g/mol. The molecule has 26 heavy (non-hydrogen) atoms. The van der Waals surface area contributed by atoms with Gasteiger partial charge in [0.15, 0.2) is 0 Å². The molecular weight excluding hydrogens is 340 g/mol. The number of hydrogen-bond acceptors (Lipinski definition) is 3. The van der Waals surface area contributed by atoms with E-state index >= 15 is 0 Å². The van der Waals surface area contributed by atoms with Crippen LogP contribution in [0.3, 0.4) is 0 Å². The fourth-order valence-corrected chi connectivity index (χ4v) is 5.10. The molecule has 0 bridgehead atoms. The van der Waals surface area contributed by atoms with Crippen molar-refractivity contribution >= 4 is 17.2 Å². The van der Waals surface area contributed by atoms with Crippen molar-refractivity contribution in [1.82, 2.24) is 10.9 Å². The summed E-state index contributed by atoms with van der Waals surface area (Å²) in [6, 6.07) is 12.8. The molecule has 1 aromatic carbocycles. The van der Waals surface area contributed by atoms with Crippen LogP contribution in [0.1, 0.15) is 64.2 Å². The minimum atomic E-state index is -0.0110. The van der Waals surface area contributed by atoms with E-state index in [-0.39, 0.29) is 5.91 Å². The average Bonchev–Trinajstić information content (AvgIpc) is 3.10. The van der Waals surface area contributed by atoms with E-state index in [9.17, 15) is 4.79 Å². The van der Waals surface area contributed by atoms with Gasteiger partial charge in [-0.25, -0.2) is 0 Å². The monoisotopic (exact) mass is 366 g/mol. The Morgan fingerprint density at radius 1 is 1.15 bits per heavy atom. The normalized spacial score (nSPS) is 22.3. The molecule has 2 aromatic rings. The predicted molar refractivity (Wildman–Crippen MR) is 107 cm³/mol. The van der Waals surface area contributed by atoms with Gasteiger partial charge in [-0.05, 0) is 67.6 Å². The fraction of sp³-hybridized carbons (Fsp3) is 0.409. The van der Waals surface area contributed by atoms with E-state index in [1.54, 1.807) is 11.3 Å².